The minimum Gasteiger partial charge on any atom is -0.0721 e. The lowest BCUT2D eigenvalue weighted by Gasteiger charge is -2.31. The second kappa shape index (κ2) is 5.82. The Morgan fingerprint density at radius 2 is 1.81 bits per heavy atom. The van der Waals surface area contributed by atoms with Crippen LogP contribution in [-0.2, 0) is 0 Å². The minimum absolute atomic E-state index is 0.107. The molecule has 0 aliphatic heterocycles. The second-order valence-corrected chi connectivity index (χ2v) is 7.65. The molecule has 1 saturated carbocycles. The van der Waals surface area contributed by atoms with Gasteiger partial charge in [-0.05, 0) is 42.5 Å². The molecule has 1 aromatic carbocycles. The Balaban J connectivity index is 2.18. The zero-order chi connectivity index (χ0) is 11.4. The average molecular weight is 234 g/mol. The molecule has 0 N–H and O–H groups in total. The summed E-state index contributed by atoms with van der Waals surface area (Å²) in [5.41, 5.74) is 2.52. The van der Waals surface area contributed by atoms with Crippen molar-refractivity contribution in [2.24, 2.45) is 0 Å². The summed E-state index contributed by atoms with van der Waals surface area (Å²) >= 11 is 0. The number of hydrogen-bond acceptors (Lipinski definition) is 0. The molecule has 1 aromatic rings. The fraction of sp³-hybridized carbons (Fsp3) is 0.600. The molecule has 1 heteroatoms. The molecule has 0 amide bonds. The first kappa shape index (κ1) is 12.1. The van der Waals surface area contributed by atoms with Crippen molar-refractivity contribution in [3.8, 4) is 0 Å². The van der Waals surface area contributed by atoms with Crippen molar-refractivity contribution >= 4 is 13.2 Å². The minimum atomic E-state index is 0.107. The number of aryl methyl sites for hydroxylation is 1. The van der Waals surface area contributed by atoms with Crippen LogP contribution in [0.4, 0.5) is 0 Å². The highest BCUT2D eigenvalue weighted by Crippen LogP contribution is 2.47. The van der Waals surface area contributed by atoms with Crippen LogP contribution in [0.2, 0.25) is 0 Å². The molecule has 1 aliphatic carbocycles. The summed E-state index contributed by atoms with van der Waals surface area (Å²) in [7, 11) is 0.107. The van der Waals surface area contributed by atoms with Gasteiger partial charge >= 0.3 is 0 Å². The highest BCUT2D eigenvalue weighted by atomic mass is 31.1. The van der Waals surface area contributed by atoms with Crippen LogP contribution >= 0.6 is 7.92 Å². The van der Waals surface area contributed by atoms with Gasteiger partial charge in [0.2, 0.25) is 0 Å². The lowest BCUT2D eigenvalue weighted by Crippen LogP contribution is -2.19. The summed E-state index contributed by atoms with van der Waals surface area (Å²) in [5.74, 6) is 0. The Bertz CT molecular complexity index is 326. The molecule has 0 nitrogen and oxygen atoms in total. The highest BCUT2D eigenvalue weighted by molar-refractivity contribution is 7.66. The van der Waals surface area contributed by atoms with Crippen molar-refractivity contribution in [2.45, 2.75) is 51.6 Å². The SMILES string of the molecule is CCP(c1ccccc1C)C1CCCCC1. The van der Waals surface area contributed by atoms with E-state index in [2.05, 4.69) is 38.1 Å². The third-order valence-corrected chi connectivity index (χ3v) is 6.98. The van der Waals surface area contributed by atoms with E-state index in [1.807, 2.05) is 0 Å². The Kier molecular flexibility index (Phi) is 4.41. The Morgan fingerprint density at radius 3 is 2.44 bits per heavy atom. The van der Waals surface area contributed by atoms with Gasteiger partial charge in [0.15, 0.2) is 0 Å². The van der Waals surface area contributed by atoms with Crippen LogP contribution < -0.4 is 5.30 Å². The molecule has 2 rings (SSSR count). The molecule has 1 atom stereocenters. The van der Waals surface area contributed by atoms with Gasteiger partial charge in [-0.3, -0.25) is 0 Å². The third-order valence-electron chi connectivity index (χ3n) is 3.78. The summed E-state index contributed by atoms with van der Waals surface area (Å²) < 4.78 is 0. The average Bonchev–Trinajstić information content (AvgIpc) is 2.34. The van der Waals surface area contributed by atoms with Crippen molar-refractivity contribution in [2.75, 3.05) is 6.16 Å². The van der Waals surface area contributed by atoms with E-state index in [1.54, 1.807) is 5.30 Å². The van der Waals surface area contributed by atoms with Crippen LogP contribution in [0.1, 0.15) is 44.6 Å². The van der Waals surface area contributed by atoms with Crippen LogP contribution in [0.25, 0.3) is 0 Å². The molecule has 0 radical (unpaired) electrons. The Hall–Kier alpha value is -0.350. The van der Waals surface area contributed by atoms with Crippen molar-refractivity contribution in [1.82, 2.24) is 0 Å². The van der Waals surface area contributed by atoms with E-state index in [0.29, 0.717) is 0 Å². The summed E-state index contributed by atoms with van der Waals surface area (Å²) in [5, 5.41) is 1.67. The van der Waals surface area contributed by atoms with Crippen molar-refractivity contribution < 1.29 is 0 Å². The highest BCUT2D eigenvalue weighted by Gasteiger charge is 2.23. The predicted molar refractivity (Wildman–Crippen MR) is 75.1 cm³/mol. The van der Waals surface area contributed by atoms with Crippen LogP contribution in [0.5, 0.6) is 0 Å². The molecule has 1 aliphatic rings. The maximum absolute atomic E-state index is 2.38. The summed E-state index contributed by atoms with van der Waals surface area (Å²) in [6.45, 7) is 4.66. The van der Waals surface area contributed by atoms with E-state index in [4.69, 9.17) is 0 Å². The van der Waals surface area contributed by atoms with Crippen LogP contribution in [-0.4, -0.2) is 11.8 Å². The topological polar surface area (TPSA) is 0 Å². The second-order valence-electron chi connectivity index (χ2n) is 4.86. The van der Waals surface area contributed by atoms with Gasteiger partial charge in [-0.15, -0.1) is 0 Å². The zero-order valence-corrected chi connectivity index (χ0v) is 11.5. The summed E-state index contributed by atoms with van der Waals surface area (Å²) in [6.07, 6.45) is 8.73. The quantitative estimate of drug-likeness (QED) is 0.677. The molecule has 88 valence electrons. The molecule has 16 heavy (non-hydrogen) atoms. The largest absolute Gasteiger partial charge is 0.0721 e. The van der Waals surface area contributed by atoms with Crippen molar-refractivity contribution in [3.05, 3.63) is 29.8 Å². The first-order chi connectivity index (χ1) is 7.83. The van der Waals surface area contributed by atoms with Crippen molar-refractivity contribution in [1.29, 1.82) is 0 Å². The standard InChI is InChI=1S/C15H23P/c1-3-16(14-10-5-4-6-11-14)15-12-8-7-9-13(15)2/h7-9,12,14H,3-6,10-11H2,1-2H3. The van der Waals surface area contributed by atoms with E-state index >= 15 is 0 Å². The van der Waals surface area contributed by atoms with Gasteiger partial charge in [0.25, 0.3) is 0 Å². The van der Waals surface area contributed by atoms with E-state index in [9.17, 15) is 0 Å². The molecule has 0 spiro atoms. The van der Waals surface area contributed by atoms with E-state index in [-0.39, 0.29) is 7.92 Å². The van der Waals surface area contributed by atoms with E-state index in [1.165, 1.54) is 43.8 Å². The fourth-order valence-electron chi connectivity index (χ4n) is 2.90. The van der Waals surface area contributed by atoms with Gasteiger partial charge in [0.1, 0.15) is 0 Å². The lowest BCUT2D eigenvalue weighted by molar-refractivity contribution is 0.512. The molecule has 1 fully saturated rings. The predicted octanol–water partition coefficient (Wildman–Crippen LogP) is 4.45. The van der Waals surface area contributed by atoms with Crippen molar-refractivity contribution in [3.63, 3.8) is 0 Å². The molecule has 0 heterocycles. The maximum Gasteiger partial charge on any atom is -0.0169 e. The van der Waals surface area contributed by atoms with E-state index in [0.717, 1.165) is 5.66 Å². The van der Waals surface area contributed by atoms with Gasteiger partial charge in [-0.2, -0.15) is 0 Å². The number of hydrogen-bond donors (Lipinski definition) is 0. The van der Waals surface area contributed by atoms with E-state index < -0.39 is 0 Å². The number of benzene rings is 1. The zero-order valence-electron chi connectivity index (χ0n) is 10.6. The molecule has 1 unspecified atom stereocenters. The molecule has 0 aromatic heterocycles. The normalized spacial score (nSPS) is 19.6. The maximum atomic E-state index is 2.38. The first-order valence-corrected chi connectivity index (χ1v) is 8.25. The van der Waals surface area contributed by atoms with Crippen LogP contribution in [0, 0.1) is 6.92 Å². The lowest BCUT2D eigenvalue weighted by atomic mass is 10.0. The molecular weight excluding hydrogens is 211 g/mol. The fourth-order valence-corrected chi connectivity index (χ4v) is 5.95. The Labute approximate surface area is 101 Å². The molecule has 0 saturated heterocycles. The Morgan fingerprint density at radius 1 is 1.12 bits per heavy atom. The van der Waals surface area contributed by atoms with Crippen LogP contribution in [0.3, 0.4) is 0 Å². The van der Waals surface area contributed by atoms with Gasteiger partial charge in [0, 0.05) is 0 Å². The number of rotatable bonds is 3. The summed E-state index contributed by atoms with van der Waals surface area (Å²) in [6, 6.07) is 9.04. The summed E-state index contributed by atoms with van der Waals surface area (Å²) in [4.78, 5) is 0. The van der Waals surface area contributed by atoms with Gasteiger partial charge in [-0.1, -0.05) is 58.4 Å². The van der Waals surface area contributed by atoms with Gasteiger partial charge in [-0.25, -0.2) is 0 Å². The first-order valence-electron chi connectivity index (χ1n) is 6.65. The monoisotopic (exact) mass is 234 g/mol. The molecule has 0 bridgehead atoms. The third kappa shape index (κ3) is 2.66. The van der Waals surface area contributed by atoms with Gasteiger partial charge in [0.05, 0.1) is 0 Å². The van der Waals surface area contributed by atoms with Gasteiger partial charge < -0.3 is 0 Å². The smallest absolute Gasteiger partial charge is 0.0169 e. The molecular formula is C15H23P. The van der Waals surface area contributed by atoms with Crippen LogP contribution in [0.15, 0.2) is 24.3 Å².